The van der Waals surface area contributed by atoms with Crippen molar-refractivity contribution in [2.24, 2.45) is 23.5 Å². The number of carbonyl (C=O) groups excluding carboxylic acids is 1. The number of hydrogen-bond donors (Lipinski definition) is 2. The molecule has 1 amide bonds. The molecule has 3 unspecified atom stereocenters. The van der Waals surface area contributed by atoms with E-state index in [-0.39, 0.29) is 11.8 Å². The molecule has 2 fully saturated rings. The number of amides is 1. The van der Waals surface area contributed by atoms with E-state index in [1.807, 2.05) is 0 Å². The molecule has 0 aromatic heterocycles. The maximum absolute atomic E-state index is 12.3. The van der Waals surface area contributed by atoms with Crippen LogP contribution in [0.4, 0.5) is 0 Å². The maximum atomic E-state index is 12.3. The Morgan fingerprint density at radius 1 is 1.29 bits per heavy atom. The Bertz CT molecular complexity index is 313. The lowest BCUT2D eigenvalue weighted by Gasteiger charge is -2.28. The van der Waals surface area contributed by atoms with Crippen LogP contribution < -0.4 is 11.1 Å². The largest absolute Gasteiger partial charge is 0.356 e. The maximum Gasteiger partial charge on any atom is 0.223 e. The summed E-state index contributed by atoms with van der Waals surface area (Å²) in [6, 6.07) is 0. The van der Waals surface area contributed by atoms with E-state index in [1.165, 1.54) is 38.8 Å². The molecule has 4 nitrogen and oxygen atoms in total. The van der Waals surface area contributed by atoms with E-state index in [1.54, 1.807) is 0 Å². The van der Waals surface area contributed by atoms with E-state index in [9.17, 15) is 4.79 Å². The van der Waals surface area contributed by atoms with Crippen molar-refractivity contribution >= 4 is 5.91 Å². The van der Waals surface area contributed by atoms with E-state index in [0.29, 0.717) is 11.8 Å². The zero-order valence-electron chi connectivity index (χ0n) is 13.7. The average Bonchev–Trinajstić information content (AvgIpc) is 2.98. The summed E-state index contributed by atoms with van der Waals surface area (Å²) in [5.41, 5.74) is 5.65. The molecule has 1 aliphatic carbocycles. The van der Waals surface area contributed by atoms with Crippen LogP contribution in [0.15, 0.2) is 0 Å². The fourth-order valence-electron chi connectivity index (χ4n) is 3.92. The van der Waals surface area contributed by atoms with Crippen LogP contribution >= 0.6 is 0 Å². The van der Waals surface area contributed by atoms with Crippen LogP contribution in [0.5, 0.6) is 0 Å². The molecular formula is C17H33N3O. The van der Waals surface area contributed by atoms with Crippen molar-refractivity contribution in [3.63, 3.8) is 0 Å². The Morgan fingerprint density at radius 3 is 2.76 bits per heavy atom. The summed E-state index contributed by atoms with van der Waals surface area (Å²) in [7, 11) is 0. The number of rotatable bonds is 7. The third-order valence-electron chi connectivity index (χ3n) is 5.12. The summed E-state index contributed by atoms with van der Waals surface area (Å²) >= 11 is 0. The zero-order chi connectivity index (χ0) is 15.1. The van der Waals surface area contributed by atoms with Gasteiger partial charge in [0.15, 0.2) is 0 Å². The third kappa shape index (κ3) is 5.59. The summed E-state index contributed by atoms with van der Waals surface area (Å²) < 4.78 is 0. The molecule has 0 spiro atoms. The molecule has 1 heterocycles. The molecule has 0 aromatic rings. The second-order valence-corrected chi connectivity index (χ2v) is 7.16. The first-order chi connectivity index (χ1) is 10.2. The summed E-state index contributed by atoms with van der Waals surface area (Å²) in [6.07, 6.45) is 8.30. The normalized spacial score (nSPS) is 28.5. The van der Waals surface area contributed by atoms with E-state index in [2.05, 4.69) is 17.1 Å². The van der Waals surface area contributed by atoms with Gasteiger partial charge in [0.1, 0.15) is 0 Å². The van der Waals surface area contributed by atoms with Gasteiger partial charge in [0.2, 0.25) is 5.91 Å². The Balaban J connectivity index is 1.65. The molecule has 0 aromatic carbocycles. The highest BCUT2D eigenvalue weighted by Gasteiger charge is 2.27. The van der Waals surface area contributed by atoms with Gasteiger partial charge in [-0.25, -0.2) is 0 Å². The van der Waals surface area contributed by atoms with Gasteiger partial charge in [0, 0.05) is 19.0 Å². The van der Waals surface area contributed by atoms with Crippen molar-refractivity contribution in [2.75, 3.05) is 32.7 Å². The molecule has 21 heavy (non-hydrogen) atoms. The summed E-state index contributed by atoms with van der Waals surface area (Å²) in [6.45, 7) is 7.43. The molecule has 4 heteroatoms. The van der Waals surface area contributed by atoms with E-state index >= 15 is 0 Å². The van der Waals surface area contributed by atoms with Crippen LogP contribution in [0.1, 0.15) is 51.9 Å². The molecule has 0 radical (unpaired) electrons. The summed E-state index contributed by atoms with van der Waals surface area (Å²) in [5, 5.41) is 3.19. The SMILES string of the molecule is CC(CNC(=O)C1CCCC(CCN)C1)CN1CCCC1. The number of likely N-dealkylation sites (tertiary alicyclic amines) is 1. The molecule has 0 bridgehead atoms. The van der Waals surface area contributed by atoms with Gasteiger partial charge in [-0.1, -0.05) is 19.8 Å². The standard InChI is InChI=1S/C17H33N3O/c1-14(13-20-9-2-3-10-20)12-19-17(21)16-6-4-5-15(11-16)7-8-18/h14-16H,2-13,18H2,1H3,(H,19,21). The lowest BCUT2D eigenvalue weighted by atomic mass is 9.79. The van der Waals surface area contributed by atoms with Crippen LogP contribution in [0.25, 0.3) is 0 Å². The minimum absolute atomic E-state index is 0.231. The van der Waals surface area contributed by atoms with Gasteiger partial charge in [0.05, 0.1) is 0 Å². The highest BCUT2D eigenvalue weighted by molar-refractivity contribution is 5.78. The van der Waals surface area contributed by atoms with Gasteiger partial charge < -0.3 is 16.0 Å². The van der Waals surface area contributed by atoms with Gasteiger partial charge in [-0.05, 0) is 63.6 Å². The fourth-order valence-corrected chi connectivity index (χ4v) is 3.92. The van der Waals surface area contributed by atoms with Gasteiger partial charge in [0.25, 0.3) is 0 Å². The van der Waals surface area contributed by atoms with Gasteiger partial charge in [-0.2, -0.15) is 0 Å². The Hall–Kier alpha value is -0.610. The molecule has 3 N–H and O–H groups in total. The van der Waals surface area contributed by atoms with Crippen LogP contribution in [-0.2, 0) is 4.79 Å². The van der Waals surface area contributed by atoms with Crippen molar-refractivity contribution in [3.8, 4) is 0 Å². The highest BCUT2D eigenvalue weighted by Crippen LogP contribution is 2.30. The van der Waals surface area contributed by atoms with Crippen molar-refractivity contribution < 1.29 is 4.79 Å². The lowest BCUT2D eigenvalue weighted by molar-refractivity contribution is -0.126. The molecule has 1 saturated carbocycles. The van der Waals surface area contributed by atoms with Gasteiger partial charge >= 0.3 is 0 Å². The van der Waals surface area contributed by atoms with Gasteiger partial charge in [-0.3, -0.25) is 4.79 Å². The number of nitrogens with zero attached hydrogens (tertiary/aromatic N) is 1. The average molecular weight is 295 g/mol. The number of hydrogen-bond acceptors (Lipinski definition) is 3. The Labute approximate surface area is 129 Å². The number of carbonyl (C=O) groups is 1. The fraction of sp³-hybridized carbons (Fsp3) is 0.941. The van der Waals surface area contributed by atoms with Crippen molar-refractivity contribution in [3.05, 3.63) is 0 Å². The van der Waals surface area contributed by atoms with Crippen LogP contribution in [-0.4, -0.2) is 43.5 Å². The monoisotopic (exact) mass is 295 g/mol. The lowest BCUT2D eigenvalue weighted by Crippen LogP contribution is -2.38. The van der Waals surface area contributed by atoms with Crippen LogP contribution in [0.3, 0.4) is 0 Å². The Kier molecular flexibility index (Phi) is 6.97. The highest BCUT2D eigenvalue weighted by atomic mass is 16.1. The molecule has 2 aliphatic rings. The predicted molar refractivity (Wildman–Crippen MR) is 87.0 cm³/mol. The van der Waals surface area contributed by atoms with E-state index in [4.69, 9.17) is 5.73 Å². The molecule has 122 valence electrons. The van der Waals surface area contributed by atoms with Crippen LogP contribution in [0, 0.1) is 17.8 Å². The molecule has 1 saturated heterocycles. The minimum atomic E-state index is 0.231. The van der Waals surface area contributed by atoms with Crippen molar-refractivity contribution in [1.29, 1.82) is 0 Å². The Morgan fingerprint density at radius 2 is 2.05 bits per heavy atom. The minimum Gasteiger partial charge on any atom is -0.356 e. The molecular weight excluding hydrogens is 262 g/mol. The first-order valence-corrected chi connectivity index (χ1v) is 8.89. The van der Waals surface area contributed by atoms with Crippen molar-refractivity contribution in [1.82, 2.24) is 10.2 Å². The second-order valence-electron chi connectivity index (χ2n) is 7.16. The van der Waals surface area contributed by atoms with Crippen molar-refractivity contribution in [2.45, 2.75) is 51.9 Å². The third-order valence-corrected chi connectivity index (χ3v) is 5.12. The quantitative estimate of drug-likeness (QED) is 0.755. The zero-order valence-corrected chi connectivity index (χ0v) is 13.7. The van der Waals surface area contributed by atoms with E-state index < -0.39 is 0 Å². The topological polar surface area (TPSA) is 58.4 Å². The second kappa shape index (κ2) is 8.74. The predicted octanol–water partition coefficient (Wildman–Crippen LogP) is 1.99. The van der Waals surface area contributed by atoms with E-state index in [0.717, 1.165) is 38.9 Å². The first kappa shape index (κ1) is 16.8. The molecule has 2 rings (SSSR count). The van der Waals surface area contributed by atoms with Gasteiger partial charge in [-0.15, -0.1) is 0 Å². The molecule has 3 atom stereocenters. The summed E-state index contributed by atoms with van der Waals surface area (Å²) in [4.78, 5) is 14.9. The summed E-state index contributed by atoms with van der Waals surface area (Å²) in [5.74, 6) is 1.73. The number of nitrogens with one attached hydrogen (secondary N) is 1. The smallest absolute Gasteiger partial charge is 0.223 e. The molecule has 1 aliphatic heterocycles. The number of nitrogens with two attached hydrogens (primary N) is 1. The first-order valence-electron chi connectivity index (χ1n) is 8.89. The van der Waals surface area contributed by atoms with Crippen LogP contribution in [0.2, 0.25) is 0 Å².